The average Bonchev–Trinajstić information content (AvgIpc) is 3.08. The summed E-state index contributed by atoms with van der Waals surface area (Å²) in [6.45, 7) is 6.53. The second kappa shape index (κ2) is 9.88. The molecule has 0 saturated heterocycles. The second-order valence-corrected chi connectivity index (χ2v) is 6.66. The van der Waals surface area contributed by atoms with E-state index in [1.807, 2.05) is 29.6 Å². The summed E-state index contributed by atoms with van der Waals surface area (Å²) < 4.78 is 0. The van der Waals surface area contributed by atoms with Crippen LogP contribution in [0.4, 0.5) is 5.69 Å². The minimum Gasteiger partial charge on any atom is -0.372 e. The molecule has 0 aliphatic carbocycles. The summed E-state index contributed by atoms with van der Waals surface area (Å²) in [5.74, 6) is -0.0950. The van der Waals surface area contributed by atoms with Crippen LogP contribution in [0.2, 0.25) is 0 Å². The number of carbonyl (C=O) groups is 1. The van der Waals surface area contributed by atoms with Crippen LogP contribution in [0, 0.1) is 0 Å². The lowest BCUT2D eigenvalue weighted by Gasteiger charge is -2.23. The van der Waals surface area contributed by atoms with Crippen LogP contribution < -0.4 is 10.3 Å². The Morgan fingerprint density at radius 2 is 1.88 bits per heavy atom. The number of nitrogens with zero attached hydrogens (tertiary/aromatic N) is 2. The molecule has 0 atom stereocenters. The summed E-state index contributed by atoms with van der Waals surface area (Å²) >= 11 is 1.58. The number of rotatable bonds is 9. The molecular formula is C19H25N3OS. The smallest absolute Gasteiger partial charge is 0.245 e. The maximum Gasteiger partial charge on any atom is 0.245 e. The van der Waals surface area contributed by atoms with Crippen molar-refractivity contribution in [2.45, 2.75) is 33.1 Å². The fourth-order valence-electron chi connectivity index (χ4n) is 2.47. The van der Waals surface area contributed by atoms with Crippen LogP contribution in [-0.2, 0) is 11.2 Å². The molecule has 0 aliphatic heterocycles. The molecule has 2 aromatic rings. The first-order valence-corrected chi connectivity index (χ1v) is 9.30. The number of hydrazone groups is 1. The molecule has 24 heavy (non-hydrogen) atoms. The van der Waals surface area contributed by atoms with Crippen LogP contribution in [0.25, 0.3) is 0 Å². The quantitative estimate of drug-likeness (QED) is 0.551. The summed E-state index contributed by atoms with van der Waals surface area (Å²) in [6.07, 6.45) is 4.33. The Balaban J connectivity index is 1.87. The molecule has 1 amide bonds. The van der Waals surface area contributed by atoms with Crippen molar-refractivity contribution >= 4 is 29.1 Å². The predicted molar refractivity (Wildman–Crippen MR) is 103 cm³/mol. The van der Waals surface area contributed by atoms with E-state index >= 15 is 0 Å². The van der Waals surface area contributed by atoms with Crippen LogP contribution in [-0.4, -0.2) is 25.2 Å². The number of carbonyl (C=O) groups excluding carboxylic acids is 1. The lowest BCUT2D eigenvalue weighted by molar-refractivity contribution is -0.120. The van der Waals surface area contributed by atoms with E-state index in [1.54, 1.807) is 17.6 Å². The molecule has 0 saturated carbocycles. The van der Waals surface area contributed by atoms with Gasteiger partial charge in [0, 0.05) is 23.7 Å². The largest absolute Gasteiger partial charge is 0.372 e. The molecule has 0 bridgehead atoms. The Labute approximate surface area is 148 Å². The summed E-state index contributed by atoms with van der Waals surface area (Å²) in [4.78, 5) is 15.2. The third kappa shape index (κ3) is 5.81. The highest BCUT2D eigenvalue weighted by Crippen LogP contribution is 2.15. The van der Waals surface area contributed by atoms with E-state index in [2.05, 4.69) is 41.4 Å². The van der Waals surface area contributed by atoms with Crippen LogP contribution >= 0.6 is 11.3 Å². The van der Waals surface area contributed by atoms with Gasteiger partial charge in [-0.3, -0.25) is 4.79 Å². The van der Waals surface area contributed by atoms with Gasteiger partial charge in [0.25, 0.3) is 0 Å². The Hall–Kier alpha value is -2.14. The number of nitrogens with one attached hydrogen (secondary N) is 1. The highest BCUT2D eigenvalue weighted by atomic mass is 32.1. The van der Waals surface area contributed by atoms with Crippen molar-refractivity contribution in [1.29, 1.82) is 0 Å². The van der Waals surface area contributed by atoms with Gasteiger partial charge in [0.05, 0.1) is 12.6 Å². The van der Waals surface area contributed by atoms with E-state index < -0.39 is 0 Å². The number of hydrogen-bond donors (Lipinski definition) is 1. The van der Waals surface area contributed by atoms with Crippen LogP contribution in [0.1, 0.15) is 37.1 Å². The van der Waals surface area contributed by atoms with Gasteiger partial charge in [-0.05, 0) is 42.0 Å². The molecule has 1 aromatic carbocycles. The number of hydrogen-bond acceptors (Lipinski definition) is 4. The SMILES string of the molecule is CCCN(CCC)c1ccc(C=NNC(=O)Cc2cccs2)cc1. The molecule has 4 nitrogen and oxygen atoms in total. The van der Waals surface area contributed by atoms with Gasteiger partial charge in [0.1, 0.15) is 0 Å². The van der Waals surface area contributed by atoms with Gasteiger partial charge >= 0.3 is 0 Å². The van der Waals surface area contributed by atoms with Crippen molar-refractivity contribution < 1.29 is 4.79 Å². The lowest BCUT2D eigenvalue weighted by Crippen LogP contribution is -2.24. The summed E-state index contributed by atoms with van der Waals surface area (Å²) in [7, 11) is 0. The Kier molecular flexibility index (Phi) is 7.49. The fourth-order valence-corrected chi connectivity index (χ4v) is 3.17. The summed E-state index contributed by atoms with van der Waals surface area (Å²) in [6, 6.07) is 12.2. The van der Waals surface area contributed by atoms with E-state index in [-0.39, 0.29) is 5.91 Å². The molecule has 1 N–H and O–H groups in total. The molecule has 0 fully saturated rings. The third-order valence-electron chi connectivity index (χ3n) is 3.56. The molecule has 0 aliphatic rings. The van der Waals surface area contributed by atoms with Gasteiger partial charge in [-0.25, -0.2) is 5.43 Å². The van der Waals surface area contributed by atoms with Gasteiger partial charge in [0.15, 0.2) is 0 Å². The number of amides is 1. The Morgan fingerprint density at radius 1 is 1.17 bits per heavy atom. The van der Waals surface area contributed by atoms with Crippen molar-refractivity contribution in [3.8, 4) is 0 Å². The third-order valence-corrected chi connectivity index (χ3v) is 4.44. The number of thiophene rings is 1. The zero-order valence-corrected chi connectivity index (χ0v) is 15.2. The minimum atomic E-state index is -0.0950. The van der Waals surface area contributed by atoms with Crippen LogP contribution in [0.5, 0.6) is 0 Å². The monoisotopic (exact) mass is 343 g/mol. The minimum absolute atomic E-state index is 0.0950. The van der Waals surface area contributed by atoms with E-state index in [0.717, 1.165) is 36.4 Å². The van der Waals surface area contributed by atoms with E-state index in [0.29, 0.717) is 6.42 Å². The standard InChI is InChI=1S/C19H25N3OS/c1-3-11-22(12-4-2)17-9-7-16(8-10-17)15-20-21-19(23)14-18-6-5-13-24-18/h5-10,13,15H,3-4,11-12,14H2,1-2H3,(H,21,23). The van der Waals surface area contributed by atoms with Gasteiger partial charge in [-0.2, -0.15) is 5.10 Å². The van der Waals surface area contributed by atoms with Gasteiger partial charge in [-0.1, -0.05) is 32.0 Å². The molecule has 1 heterocycles. The Morgan fingerprint density at radius 3 is 2.46 bits per heavy atom. The summed E-state index contributed by atoms with van der Waals surface area (Å²) in [5, 5.41) is 6.00. The van der Waals surface area contributed by atoms with Crippen molar-refractivity contribution in [3.05, 3.63) is 52.2 Å². The topological polar surface area (TPSA) is 44.7 Å². The first-order chi connectivity index (χ1) is 11.7. The van der Waals surface area contributed by atoms with E-state index in [4.69, 9.17) is 0 Å². The fraction of sp³-hybridized carbons (Fsp3) is 0.368. The van der Waals surface area contributed by atoms with E-state index in [9.17, 15) is 4.79 Å². The van der Waals surface area contributed by atoms with Gasteiger partial charge in [-0.15, -0.1) is 11.3 Å². The maximum atomic E-state index is 11.8. The van der Waals surface area contributed by atoms with Crippen molar-refractivity contribution in [2.75, 3.05) is 18.0 Å². The highest BCUT2D eigenvalue weighted by molar-refractivity contribution is 7.10. The average molecular weight is 343 g/mol. The molecular weight excluding hydrogens is 318 g/mol. The zero-order chi connectivity index (χ0) is 17.2. The first kappa shape index (κ1) is 18.2. The van der Waals surface area contributed by atoms with Crippen molar-refractivity contribution in [1.82, 2.24) is 5.43 Å². The van der Waals surface area contributed by atoms with E-state index in [1.165, 1.54) is 5.69 Å². The van der Waals surface area contributed by atoms with Gasteiger partial charge < -0.3 is 4.90 Å². The second-order valence-electron chi connectivity index (χ2n) is 5.63. The molecule has 2 rings (SSSR count). The number of anilines is 1. The van der Waals surface area contributed by atoms with Crippen LogP contribution in [0.15, 0.2) is 46.9 Å². The predicted octanol–water partition coefficient (Wildman–Crippen LogP) is 4.07. The normalized spacial score (nSPS) is 10.9. The van der Waals surface area contributed by atoms with Crippen molar-refractivity contribution in [2.24, 2.45) is 5.10 Å². The van der Waals surface area contributed by atoms with Crippen LogP contribution in [0.3, 0.4) is 0 Å². The summed E-state index contributed by atoms with van der Waals surface area (Å²) in [5.41, 5.74) is 4.78. The molecule has 0 radical (unpaired) electrons. The zero-order valence-electron chi connectivity index (χ0n) is 14.4. The number of benzene rings is 1. The highest BCUT2D eigenvalue weighted by Gasteiger charge is 2.04. The lowest BCUT2D eigenvalue weighted by atomic mass is 10.2. The first-order valence-electron chi connectivity index (χ1n) is 8.42. The molecule has 1 aromatic heterocycles. The maximum absolute atomic E-state index is 11.8. The molecule has 0 spiro atoms. The molecule has 5 heteroatoms. The Bertz CT molecular complexity index is 629. The van der Waals surface area contributed by atoms with Gasteiger partial charge in [0.2, 0.25) is 5.91 Å². The van der Waals surface area contributed by atoms with Crippen molar-refractivity contribution in [3.63, 3.8) is 0 Å². The molecule has 128 valence electrons. The molecule has 0 unspecified atom stereocenters.